The van der Waals surface area contributed by atoms with E-state index in [4.69, 9.17) is 0 Å². The number of carbonyl (C=O) groups excluding carboxylic acids is 1. The van der Waals surface area contributed by atoms with Gasteiger partial charge in [-0.3, -0.25) is 0 Å². The summed E-state index contributed by atoms with van der Waals surface area (Å²) < 4.78 is 41.9. The first-order chi connectivity index (χ1) is 9.32. The minimum absolute atomic E-state index is 0.0212. The summed E-state index contributed by atoms with van der Waals surface area (Å²) in [7, 11) is 1.20. The summed E-state index contributed by atoms with van der Waals surface area (Å²) in [6.07, 6.45) is -1.25. The molecule has 8 heteroatoms. The molecule has 2 aromatic rings. The van der Waals surface area contributed by atoms with Crippen molar-refractivity contribution in [3.05, 3.63) is 35.9 Å². The molecule has 2 aromatic heterocycles. The number of aromatic nitrogens is 3. The predicted molar refractivity (Wildman–Crippen MR) is 62.8 cm³/mol. The Morgan fingerprint density at radius 2 is 2.05 bits per heavy atom. The number of aryl methyl sites for hydroxylation is 1. The molecule has 0 aliphatic heterocycles. The third-order valence-corrected chi connectivity index (χ3v) is 2.65. The molecule has 0 N–H and O–H groups in total. The van der Waals surface area contributed by atoms with Crippen LogP contribution in [-0.2, 0) is 11.0 Å². The van der Waals surface area contributed by atoms with Crippen molar-refractivity contribution in [3.8, 4) is 11.1 Å². The van der Waals surface area contributed by atoms with Gasteiger partial charge in [-0.15, -0.1) is 13.2 Å². The Balaban J connectivity index is 2.47. The van der Waals surface area contributed by atoms with Crippen molar-refractivity contribution < 1.29 is 22.7 Å². The van der Waals surface area contributed by atoms with E-state index >= 15 is 0 Å². The van der Waals surface area contributed by atoms with Gasteiger partial charge >= 0.3 is 12.3 Å². The summed E-state index contributed by atoms with van der Waals surface area (Å²) >= 11 is 0. The molecular formula is C12H10F3N3O2. The van der Waals surface area contributed by atoms with Crippen LogP contribution in [0, 0.1) is 6.92 Å². The minimum atomic E-state index is -4.58. The average Bonchev–Trinajstić information content (AvgIpc) is 2.87. The molecule has 106 valence electrons. The highest BCUT2D eigenvalue weighted by Crippen LogP contribution is 2.27. The molecule has 0 aliphatic rings. The standard InChI is InChI=1S/C12H10F3N3O2/c1-7-4-16-10(11(19)20-2)3-9(7)8-5-17-18(6-8)12(13,14)15/h3-6H,1-2H3. The number of methoxy groups -OCH3 is 1. The quantitative estimate of drug-likeness (QED) is 0.796. The molecule has 0 aliphatic carbocycles. The van der Waals surface area contributed by atoms with Gasteiger partial charge in [0.2, 0.25) is 0 Å². The molecular weight excluding hydrogens is 275 g/mol. The fraction of sp³-hybridized carbons (Fsp3) is 0.250. The minimum Gasteiger partial charge on any atom is -0.464 e. The van der Waals surface area contributed by atoms with Gasteiger partial charge in [0.25, 0.3) is 0 Å². The number of hydrogen-bond acceptors (Lipinski definition) is 4. The molecule has 0 amide bonds. The van der Waals surface area contributed by atoms with Gasteiger partial charge in [-0.1, -0.05) is 0 Å². The molecule has 5 nitrogen and oxygen atoms in total. The number of rotatable bonds is 2. The van der Waals surface area contributed by atoms with Gasteiger partial charge in [-0.25, -0.2) is 9.78 Å². The second-order valence-electron chi connectivity index (χ2n) is 4.02. The van der Waals surface area contributed by atoms with Gasteiger partial charge in [0.15, 0.2) is 0 Å². The van der Waals surface area contributed by atoms with Gasteiger partial charge in [0.05, 0.1) is 13.3 Å². The smallest absolute Gasteiger partial charge is 0.464 e. The average molecular weight is 285 g/mol. The lowest BCUT2D eigenvalue weighted by atomic mass is 10.1. The van der Waals surface area contributed by atoms with Crippen molar-refractivity contribution >= 4 is 5.97 Å². The van der Waals surface area contributed by atoms with E-state index in [1.165, 1.54) is 19.4 Å². The second-order valence-corrected chi connectivity index (χ2v) is 4.02. The molecule has 0 saturated heterocycles. The molecule has 0 spiro atoms. The zero-order valence-corrected chi connectivity index (χ0v) is 10.6. The molecule has 0 aromatic carbocycles. The Bertz CT molecular complexity index is 650. The van der Waals surface area contributed by atoms with Gasteiger partial charge in [0.1, 0.15) is 5.69 Å². The van der Waals surface area contributed by atoms with E-state index in [0.717, 1.165) is 12.4 Å². The second kappa shape index (κ2) is 4.95. The van der Waals surface area contributed by atoms with Gasteiger partial charge in [-0.05, 0) is 24.1 Å². The van der Waals surface area contributed by atoms with Crippen molar-refractivity contribution in [1.29, 1.82) is 0 Å². The van der Waals surface area contributed by atoms with Crippen LogP contribution >= 0.6 is 0 Å². The summed E-state index contributed by atoms with van der Waals surface area (Å²) in [5.74, 6) is -0.658. The van der Waals surface area contributed by atoms with E-state index < -0.39 is 12.3 Å². The van der Waals surface area contributed by atoms with Crippen LogP contribution in [0.1, 0.15) is 16.1 Å². The first kappa shape index (κ1) is 14.0. The maximum absolute atomic E-state index is 12.5. The zero-order valence-electron chi connectivity index (χ0n) is 10.6. The fourth-order valence-corrected chi connectivity index (χ4v) is 1.65. The molecule has 0 unspecified atom stereocenters. The number of carbonyl (C=O) groups is 1. The van der Waals surface area contributed by atoms with E-state index in [9.17, 15) is 18.0 Å². The lowest BCUT2D eigenvalue weighted by Crippen LogP contribution is -2.16. The van der Waals surface area contributed by atoms with Crippen LogP contribution in [0.3, 0.4) is 0 Å². The largest absolute Gasteiger partial charge is 0.504 e. The van der Waals surface area contributed by atoms with E-state index in [1.54, 1.807) is 6.92 Å². The molecule has 20 heavy (non-hydrogen) atoms. The van der Waals surface area contributed by atoms with Crippen LogP contribution in [0.2, 0.25) is 0 Å². The maximum atomic E-state index is 12.5. The Morgan fingerprint density at radius 1 is 1.35 bits per heavy atom. The Kier molecular flexibility index (Phi) is 3.47. The van der Waals surface area contributed by atoms with Crippen LogP contribution < -0.4 is 0 Å². The van der Waals surface area contributed by atoms with E-state index in [-0.39, 0.29) is 15.9 Å². The monoisotopic (exact) mass is 285 g/mol. The number of ether oxygens (including phenoxy) is 1. The van der Waals surface area contributed by atoms with Crippen LogP contribution in [-0.4, -0.2) is 27.8 Å². The Morgan fingerprint density at radius 3 is 2.60 bits per heavy atom. The highest BCUT2D eigenvalue weighted by molar-refractivity contribution is 5.89. The first-order valence-corrected chi connectivity index (χ1v) is 5.50. The highest BCUT2D eigenvalue weighted by atomic mass is 19.4. The van der Waals surface area contributed by atoms with Crippen LogP contribution in [0.25, 0.3) is 11.1 Å². The summed E-state index contributed by atoms with van der Waals surface area (Å²) in [5.41, 5.74) is 1.33. The summed E-state index contributed by atoms with van der Waals surface area (Å²) in [6, 6.07) is 1.37. The van der Waals surface area contributed by atoms with E-state index in [2.05, 4.69) is 14.8 Å². The van der Waals surface area contributed by atoms with Crippen molar-refractivity contribution in [2.45, 2.75) is 13.2 Å². The fourth-order valence-electron chi connectivity index (χ4n) is 1.65. The summed E-state index contributed by atoms with van der Waals surface area (Å²) in [6.45, 7) is 1.67. The van der Waals surface area contributed by atoms with Crippen molar-refractivity contribution in [2.75, 3.05) is 7.11 Å². The molecule has 0 saturated carbocycles. The molecule has 0 bridgehead atoms. The number of esters is 1. The number of halogens is 3. The molecule has 0 atom stereocenters. The van der Waals surface area contributed by atoms with Gasteiger partial charge in [0, 0.05) is 18.0 Å². The third-order valence-electron chi connectivity index (χ3n) is 2.65. The van der Waals surface area contributed by atoms with E-state index in [1.807, 2.05) is 0 Å². The lowest BCUT2D eigenvalue weighted by molar-refractivity contribution is -0.212. The normalized spacial score (nSPS) is 11.4. The Labute approximate surface area is 112 Å². The predicted octanol–water partition coefficient (Wildman–Crippen LogP) is 2.52. The van der Waals surface area contributed by atoms with Crippen molar-refractivity contribution in [2.24, 2.45) is 0 Å². The number of hydrogen-bond donors (Lipinski definition) is 0. The first-order valence-electron chi connectivity index (χ1n) is 5.50. The molecule has 2 heterocycles. The SMILES string of the molecule is COC(=O)c1cc(-c2cnn(C(F)(F)F)c2)c(C)cn1. The van der Waals surface area contributed by atoms with Crippen molar-refractivity contribution in [3.63, 3.8) is 0 Å². The zero-order chi connectivity index (χ0) is 14.9. The van der Waals surface area contributed by atoms with E-state index in [0.29, 0.717) is 11.1 Å². The lowest BCUT2D eigenvalue weighted by Gasteiger charge is -2.06. The maximum Gasteiger partial charge on any atom is 0.504 e. The van der Waals surface area contributed by atoms with Gasteiger partial charge < -0.3 is 4.74 Å². The molecule has 0 fully saturated rings. The molecule has 0 radical (unpaired) electrons. The summed E-state index contributed by atoms with van der Waals surface area (Å²) in [4.78, 5) is 15.3. The van der Waals surface area contributed by atoms with Gasteiger partial charge in [-0.2, -0.15) is 9.78 Å². The number of alkyl halides is 3. The topological polar surface area (TPSA) is 57.0 Å². The third kappa shape index (κ3) is 2.63. The molecule has 2 rings (SSSR count). The Hall–Kier alpha value is -2.38. The van der Waals surface area contributed by atoms with Crippen LogP contribution in [0.5, 0.6) is 0 Å². The number of nitrogens with zero attached hydrogens (tertiary/aromatic N) is 3. The summed E-state index contributed by atoms with van der Waals surface area (Å²) in [5, 5.41) is 3.25. The highest BCUT2D eigenvalue weighted by Gasteiger charge is 2.31. The van der Waals surface area contributed by atoms with Crippen LogP contribution in [0.4, 0.5) is 13.2 Å². The van der Waals surface area contributed by atoms with Crippen LogP contribution in [0.15, 0.2) is 24.7 Å². The van der Waals surface area contributed by atoms with Crippen molar-refractivity contribution in [1.82, 2.24) is 14.8 Å². The number of pyridine rings is 1.